The topological polar surface area (TPSA) is 38.9 Å². The normalized spacial score (nSPS) is 21.7. The van der Waals surface area contributed by atoms with E-state index >= 15 is 0 Å². The average Bonchev–Trinajstić information content (AvgIpc) is 2.24. The van der Waals surface area contributed by atoms with Gasteiger partial charge in [0.2, 0.25) is 0 Å². The SMILES string of the molecule is CC1CCCC[Si]1(C)C.Nc1ccccn1.[Mn]. The van der Waals surface area contributed by atoms with Crippen LogP contribution < -0.4 is 5.73 Å². The molecule has 1 fully saturated rings. The largest absolute Gasteiger partial charge is 0.384 e. The van der Waals surface area contributed by atoms with E-state index in [0.29, 0.717) is 5.82 Å². The van der Waals surface area contributed by atoms with E-state index in [1.54, 1.807) is 18.3 Å². The van der Waals surface area contributed by atoms with Crippen molar-refractivity contribution in [2.75, 3.05) is 5.73 Å². The van der Waals surface area contributed by atoms with Gasteiger partial charge in [0.15, 0.2) is 0 Å². The smallest absolute Gasteiger partial charge is 0.123 e. The zero-order chi connectivity index (χ0) is 12.0. The van der Waals surface area contributed by atoms with Gasteiger partial charge in [0.25, 0.3) is 0 Å². The molecule has 1 aliphatic rings. The van der Waals surface area contributed by atoms with Crippen LogP contribution >= 0.6 is 0 Å². The summed E-state index contributed by atoms with van der Waals surface area (Å²) in [6, 6.07) is 7.01. The molecule has 1 atom stereocenters. The van der Waals surface area contributed by atoms with Crippen molar-refractivity contribution in [3.8, 4) is 0 Å². The minimum atomic E-state index is -0.694. The Kier molecular flexibility index (Phi) is 7.76. The molecule has 17 heavy (non-hydrogen) atoms. The molecule has 1 aliphatic heterocycles. The van der Waals surface area contributed by atoms with Crippen LogP contribution in [0.1, 0.15) is 26.2 Å². The van der Waals surface area contributed by atoms with Gasteiger partial charge < -0.3 is 5.73 Å². The van der Waals surface area contributed by atoms with Crippen LogP contribution in [0.4, 0.5) is 5.82 Å². The first-order chi connectivity index (χ1) is 7.52. The van der Waals surface area contributed by atoms with Crippen LogP contribution in [0, 0.1) is 0 Å². The number of hydrogen-bond acceptors (Lipinski definition) is 2. The summed E-state index contributed by atoms with van der Waals surface area (Å²) >= 11 is 0. The molecule has 2 rings (SSSR count). The molecule has 0 spiro atoms. The molecule has 1 unspecified atom stereocenters. The molecule has 2 nitrogen and oxygen atoms in total. The molecule has 0 bridgehead atoms. The minimum absolute atomic E-state index is 0. The molecular weight excluding hydrogens is 267 g/mol. The van der Waals surface area contributed by atoms with Crippen LogP contribution in [0.5, 0.6) is 0 Å². The zero-order valence-electron chi connectivity index (χ0n) is 11.1. The Hall–Kier alpha value is -0.314. The van der Waals surface area contributed by atoms with Gasteiger partial charge in [0.1, 0.15) is 5.82 Å². The first-order valence-corrected chi connectivity index (χ1v) is 9.47. The van der Waals surface area contributed by atoms with Crippen LogP contribution in [-0.2, 0) is 17.1 Å². The van der Waals surface area contributed by atoms with Gasteiger partial charge in [0.05, 0.1) is 8.07 Å². The second kappa shape index (κ2) is 7.91. The van der Waals surface area contributed by atoms with E-state index in [9.17, 15) is 0 Å². The van der Waals surface area contributed by atoms with Crippen LogP contribution in [0.2, 0.25) is 24.7 Å². The standard InChI is InChI=1S/C8H18Si.C5H6N2.Mn/c1-8-6-4-5-7-9(8,2)3;6-5-3-1-2-4-7-5;/h8H,4-7H2,1-3H3;1-4H,(H2,6,7);. The van der Waals surface area contributed by atoms with Gasteiger partial charge in [-0.05, 0) is 17.7 Å². The number of aromatic nitrogens is 1. The van der Waals surface area contributed by atoms with Gasteiger partial charge in [-0.3, -0.25) is 0 Å². The second-order valence-electron chi connectivity index (χ2n) is 5.39. The summed E-state index contributed by atoms with van der Waals surface area (Å²) in [5.74, 6) is 0.572. The van der Waals surface area contributed by atoms with Gasteiger partial charge in [-0.15, -0.1) is 0 Å². The summed E-state index contributed by atoms with van der Waals surface area (Å²) in [4.78, 5) is 3.76. The Balaban J connectivity index is 0.000000292. The maximum Gasteiger partial charge on any atom is 0.123 e. The van der Waals surface area contributed by atoms with Crippen molar-refractivity contribution in [1.82, 2.24) is 4.98 Å². The quantitative estimate of drug-likeness (QED) is 0.736. The van der Waals surface area contributed by atoms with Crippen molar-refractivity contribution in [2.24, 2.45) is 0 Å². The predicted molar refractivity (Wildman–Crippen MR) is 74.2 cm³/mol. The Morgan fingerprint density at radius 1 is 1.29 bits per heavy atom. The Morgan fingerprint density at radius 3 is 2.29 bits per heavy atom. The molecule has 1 saturated heterocycles. The Morgan fingerprint density at radius 2 is 2.00 bits per heavy atom. The molecule has 97 valence electrons. The molecule has 1 radical (unpaired) electrons. The third-order valence-electron chi connectivity index (χ3n) is 3.73. The molecule has 0 aliphatic carbocycles. The summed E-state index contributed by atoms with van der Waals surface area (Å²) < 4.78 is 0. The van der Waals surface area contributed by atoms with Crippen molar-refractivity contribution in [2.45, 2.75) is 50.9 Å². The van der Waals surface area contributed by atoms with E-state index in [4.69, 9.17) is 5.73 Å². The molecule has 1 aromatic rings. The van der Waals surface area contributed by atoms with E-state index in [2.05, 4.69) is 25.0 Å². The summed E-state index contributed by atoms with van der Waals surface area (Å²) in [5.41, 5.74) is 6.34. The first kappa shape index (κ1) is 16.7. The van der Waals surface area contributed by atoms with Crippen LogP contribution in [0.25, 0.3) is 0 Å². The fourth-order valence-electron chi connectivity index (χ4n) is 2.04. The summed E-state index contributed by atoms with van der Waals surface area (Å²) in [7, 11) is -0.694. The molecule has 0 amide bonds. The number of pyridine rings is 1. The number of nitrogens with two attached hydrogens (primary N) is 1. The molecule has 1 aromatic heterocycles. The monoisotopic (exact) mass is 291 g/mol. The molecule has 4 heteroatoms. The van der Waals surface area contributed by atoms with Gasteiger partial charge in [0, 0.05) is 23.3 Å². The molecule has 0 saturated carbocycles. The predicted octanol–water partition coefficient (Wildman–Crippen LogP) is 3.93. The molecule has 2 N–H and O–H groups in total. The van der Waals surface area contributed by atoms with Crippen molar-refractivity contribution in [1.29, 1.82) is 0 Å². The van der Waals surface area contributed by atoms with Crippen LogP contribution in [0.15, 0.2) is 24.4 Å². The third-order valence-corrected chi connectivity index (χ3v) is 8.33. The maximum atomic E-state index is 5.25. The second-order valence-corrected chi connectivity index (χ2v) is 10.9. The third kappa shape index (κ3) is 6.25. The minimum Gasteiger partial charge on any atom is -0.384 e. The van der Waals surface area contributed by atoms with Gasteiger partial charge in [-0.25, -0.2) is 4.98 Å². The first-order valence-electron chi connectivity index (χ1n) is 6.19. The van der Waals surface area contributed by atoms with Crippen molar-refractivity contribution in [3.05, 3.63) is 24.4 Å². The fraction of sp³-hybridized carbons (Fsp3) is 0.615. The van der Waals surface area contributed by atoms with E-state index < -0.39 is 8.07 Å². The number of anilines is 1. The van der Waals surface area contributed by atoms with Gasteiger partial charge in [-0.2, -0.15) is 0 Å². The van der Waals surface area contributed by atoms with Crippen molar-refractivity contribution in [3.63, 3.8) is 0 Å². The Bertz CT molecular complexity index is 304. The van der Waals surface area contributed by atoms with E-state index in [1.807, 2.05) is 12.1 Å². The summed E-state index contributed by atoms with van der Waals surface area (Å²) in [5, 5.41) is 0. The number of nitrogens with zero attached hydrogens (tertiary/aromatic N) is 1. The molecule has 0 aromatic carbocycles. The van der Waals surface area contributed by atoms with E-state index in [0.717, 1.165) is 5.54 Å². The van der Waals surface area contributed by atoms with Gasteiger partial charge >= 0.3 is 0 Å². The van der Waals surface area contributed by atoms with Gasteiger partial charge in [-0.1, -0.05) is 51.4 Å². The maximum absolute atomic E-state index is 5.25. The van der Waals surface area contributed by atoms with Crippen molar-refractivity contribution < 1.29 is 17.1 Å². The van der Waals surface area contributed by atoms with Crippen LogP contribution in [-0.4, -0.2) is 13.1 Å². The summed E-state index contributed by atoms with van der Waals surface area (Å²) in [6.07, 6.45) is 6.19. The van der Waals surface area contributed by atoms with Crippen LogP contribution in [0.3, 0.4) is 0 Å². The zero-order valence-corrected chi connectivity index (χ0v) is 13.3. The summed E-state index contributed by atoms with van der Waals surface area (Å²) in [6.45, 7) is 7.53. The van der Waals surface area contributed by atoms with E-state index in [-0.39, 0.29) is 17.1 Å². The number of nitrogen functional groups attached to an aromatic ring is 1. The number of hydrogen-bond donors (Lipinski definition) is 1. The van der Waals surface area contributed by atoms with Crippen molar-refractivity contribution >= 4 is 13.9 Å². The molecule has 2 heterocycles. The average molecular weight is 291 g/mol. The fourth-order valence-corrected chi connectivity index (χ4v) is 4.68. The number of rotatable bonds is 0. The van der Waals surface area contributed by atoms with E-state index in [1.165, 1.54) is 19.3 Å². The Labute approximate surface area is 117 Å². The molecular formula is C13H24MnN2Si.